The summed E-state index contributed by atoms with van der Waals surface area (Å²) in [6, 6.07) is 5.22. The van der Waals surface area contributed by atoms with Crippen molar-refractivity contribution >= 4 is 23.2 Å². The van der Waals surface area contributed by atoms with Gasteiger partial charge in [-0.3, -0.25) is 9.59 Å². The van der Waals surface area contributed by atoms with Crippen molar-refractivity contribution in [3.63, 3.8) is 0 Å². The summed E-state index contributed by atoms with van der Waals surface area (Å²) in [5, 5.41) is 17.4. The number of aliphatic hydroxyl groups is 1. The molecule has 126 valence electrons. The van der Waals surface area contributed by atoms with Crippen LogP contribution in [0.3, 0.4) is 0 Å². The molecule has 2 rings (SSSR count). The van der Waals surface area contributed by atoms with E-state index in [0.717, 1.165) is 11.1 Å². The Morgan fingerprint density at radius 3 is 2.88 bits per heavy atom. The van der Waals surface area contributed by atoms with Crippen molar-refractivity contribution in [2.24, 2.45) is 5.10 Å². The van der Waals surface area contributed by atoms with E-state index in [4.69, 9.17) is 6.42 Å². The molecule has 0 bridgehead atoms. The number of carbonyl (C=O) groups excluding carboxylic acids is 2. The number of hydrogen-bond acceptors (Lipinski definition) is 4. The Morgan fingerprint density at radius 2 is 2.21 bits per heavy atom. The second-order valence-electron chi connectivity index (χ2n) is 5.80. The van der Waals surface area contributed by atoms with Crippen LogP contribution in [-0.2, 0) is 9.59 Å². The first-order valence-electron chi connectivity index (χ1n) is 7.79. The highest BCUT2D eigenvalue weighted by Gasteiger charge is 2.27. The smallest absolute Gasteiger partial charge is 0.267 e. The second-order valence-corrected chi connectivity index (χ2v) is 5.80. The molecule has 1 aromatic rings. The minimum absolute atomic E-state index is 0.150. The molecule has 2 amide bonds. The fourth-order valence-corrected chi connectivity index (χ4v) is 2.42. The van der Waals surface area contributed by atoms with Crippen LogP contribution in [0.4, 0.5) is 5.69 Å². The van der Waals surface area contributed by atoms with Crippen molar-refractivity contribution in [2.45, 2.75) is 39.2 Å². The lowest BCUT2D eigenvalue weighted by Gasteiger charge is -2.25. The molecule has 1 atom stereocenters. The third-order valence-corrected chi connectivity index (χ3v) is 3.81. The fourth-order valence-electron chi connectivity index (χ4n) is 2.42. The van der Waals surface area contributed by atoms with Gasteiger partial charge in [-0.05, 0) is 31.0 Å². The summed E-state index contributed by atoms with van der Waals surface area (Å²) < 4.78 is 0. The molecule has 0 spiro atoms. The molecule has 0 saturated heterocycles. The van der Waals surface area contributed by atoms with Crippen LogP contribution in [-0.4, -0.2) is 35.3 Å². The largest absolute Gasteiger partial charge is 0.394 e. The standard InChI is InChI=1S/C18H21N3O3/c1-4-5-14(11-22)19-18(24)15-8-9-17(23)21(20-15)16-10-12(2)6-7-13(16)3/h1,6-7,10,14,22H,5,8-9,11H2,2-3H3,(H,19,24)/t14-/m0/s1. The van der Waals surface area contributed by atoms with Gasteiger partial charge in [-0.1, -0.05) is 12.1 Å². The van der Waals surface area contributed by atoms with Gasteiger partial charge in [-0.15, -0.1) is 12.3 Å². The summed E-state index contributed by atoms with van der Waals surface area (Å²) in [7, 11) is 0. The maximum absolute atomic E-state index is 12.3. The Kier molecular flexibility index (Phi) is 5.72. The lowest BCUT2D eigenvalue weighted by atomic mass is 10.1. The Hall–Kier alpha value is -2.65. The van der Waals surface area contributed by atoms with Crippen LogP contribution in [0.1, 0.15) is 30.4 Å². The number of nitrogens with zero attached hydrogens (tertiary/aromatic N) is 2. The molecular weight excluding hydrogens is 306 g/mol. The molecule has 2 N–H and O–H groups in total. The zero-order valence-corrected chi connectivity index (χ0v) is 13.9. The van der Waals surface area contributed by atoms with Gasteiger partial charge < -0.3 is 10.4 Å². The number of anilines is 1. The van der Waals surface area contributed by atoms with Crippen LogP contribution in [0.5, 0.6) is 0 Å². The van der Waals surface area contributed by atoms with Gasteiger partial charge in [-0.2, -0.15) is 5.10 Å². The van der Waals surface area contributed by atoms with E-state index in [9.17, 15) is 14.7 Å². The van der Waals surface area contributed by atoms with E-state index >= 15 is 0 Å². The van der Waals surface area contributed by atoms with E-state index in [1.807, 2.05) is 32.0 Å². The molecule has 6 heteroatoms. The SMILES string of the molecule is C#CC[C@@H](CO)NC(=O)C1=NN(c2cc(C)ccc2C)C(=O)CC1. The van der Waals surface area contributed by atoms with Gasteiger partial charge in [-0.25, -0.2) is 5.01 Å². The van der Waals surface area contributed by atoms with Crippen molar-refractivity contribution in [1.82, 2.24) is 5.32 Å². The van der Waals surface area contributed by atoms with Gasteiger partial charge in [0, 0.05) is 19.3 Å². The normalized spacial score (nSPS) is 15.5. The molecule has 1 heterocycles. The number of hydrazone groups is 1. The highest BCUT2D eigenvalue weighted by molar-refractivity contribution is 6.40. The minimum Gasteiger partial charge on any atom is -0.394 e. The third-order valence-electron chi connectivity index (χ3n) is 3.81. The van der Waals surface area contributed by atoms with Crippen LogP contribution in [0.25, 0.3) is 0 Å². The number of rotatable bonds is 5. The zero-order valence-electron chi connectivity index (χ0n) is 13.9. The van der Waals surface area contributed by atoms with Gasteiger partial charge >= 0.3 is 0 Å². The summed E-state index contributed by atoms with van der Waals surface area (Å²) in [5.41, 5.74) is 2.84. The summed E-state index contributed by atoms with van der Waals surface area (Å²) in [6.45, 7) is 3.57. The van der Waals surface area contributed by atoms with Crippen molar-refractivity contribution < 1.29 is 14.7 Å². The Bertz CT molecular complexity index is 719. The number of aliphatic hydroxyl groups excluding tert-OH is 1. The molecule has 0 aliphatic carbocycles. The van der Waals surface area contributed by atoms with Crippen molar-refractivity contribution in [3.05, 3.63) is 29.3 Å². The van der Waals surface area contributed by atoms with E-state index in [2.05, 4.69) is 16.3 Å². The van der Waals surface area contributed by atoms with Gasteiger partial charge in [0.05, 0.1) is 18.3 Å². The average molecular weight is 327 g/mol. The number of amides is 2. The number of carbonyl (C=O) groups is 2. The Labute approximate surface area is 141 Å². The maximum atomic E-state index is 12.3. The van der Waals surface area contributed by atoms with E-state index in [0.29, 0.717) is 5.69 Å². The fraction of sp³-hybridized carbons (Fsp3) is 0.389. The predicted octanol–water partition coefficient (Wildman–Crippen LogP) is 1.29. The molecule has 0 aromatic heterocycles. The molecule has 24 heavy (non-hydrogen) atoms. The van der Waals surface area contributed by atoms with Crippen LogP contribution in [0.15, 0.2) is 23.3 Å². The van der Waals surface area contributed by atoms with Gasteiger partial charge in [0.25, 0.3) is 5.91 Å². The quantitative estimate of drug-likeness (QED) is 0.800. The Balaban J connectivity index is 2.26. The van der Waals surface area contributed by atoms with Crippen LogP contribution in [0.2, 0.25) is 0 Å². The predicted molar refractivity (Wildman–Crippen MR) is 92.5 cm³/mol. The zero-order chi connectivity index (χ0) is 17.7. The monoisotopic (exact) mass is 327 g/mol. The molecule has 1 aliphatic rings. The topological polar surface area (TPSA) is 82.0 Å². The van der Waals surface area contributed by atoms with Crippen LogP contribution in [0, 0.1) is 26.2 Å². The van der Waals surface area contributed by atoms with Gasteiger partial charge in [0.1, 0.15) is 5.71 Å². The molecule has 6 nitrogen and oxygen atoms in total. The highest BCUT2D eigenvalue weighted by Crippen LogP contribution is 2.25. The molecule has 0 radical (unpaired) electrons. The second kappa shape index (κ2) is 7.75. The van der Waals surface area contributed by atoms with Crippen molar-refractivity contribution in [1.29, 1.82) is 0 Å². The van der Waals surface area contributed by atoms with E-state index < -0.39 is 11.9 Å². The third kappa shape index (κ3) is 4.00. The van der Waals surface area contributed by atoms with Crippen LogP contribution < -0.4 is 10.3 Å². The molecule has 0 saturated carbocycles. The number of benzene rings is 1. The van der Waals surface area contributed by atoms with Crippen molar-refractivity contribution in [3.8, 4) is 12.3 Å². The summed E-state index contributed by atoms with van der Waals surface area (Å²) >= 11 is 0. The van der Waals surface area contributed by atoms with Crippen LogP contribution >= 0.6 is 0 Å². The average Bonchev–Trinajstić information content (AvgIpc) is 2.57. The minimum atomic E-state index is -0.517. The molecule has 1 aliphatic heterocycles. The molecule has 0 fully saturated rings. The summed E-state index contributed by atoms with van der Waals surface area (Å²) in [4.78, 5) is 24.5. The van der Waals surface area contributed by atoms with E-state index in [1.165, 1.54) is 5.01 Å². The van der Waals surface area contributed by atoms with E-state index in [-0.39, 0.29) is 37.5 Å². The number of nitrogens with one attached hydrogen (secondary N) is 1. The first kappa shape index (κ1) is 17.7. The number of aryl methyl sites for hydroxylation is 2. The number of hydrogen-bond donors (Lipinski definition) is 2. The maximum Gasteiger partial charge on any atom is 0.267 e. The summed E-state index contributed by atoms with van der Waals surface area (Å²) in [5.74, 6) is 1.84. The van der Waals surface area contributed by atoms with Gasteiger partial charge in [0.15, 0.2) is 0 Å². The molecule has 0 unspecified atom stereocenters. The first-order valence-corrected chi connectivity index (χ1v) is 7.79. The summed E-state index contributed by atoms with van der Waals surface area (Å²) in [6.07, 6.45) is 5.91. The van der Waals surface area contributed by atoms with E-state index in [1.54, 1.807) is 0 Å². The first-order chi connectivity index (χ1) is 11.5. The Morgan fingerprint density at radius 1 is 1.46 bits per heavy atom. The number of terminal acetylenes is 1. The lowest BCUT2D eigenvalue weighted by molar-refractivity contribution is -0.119. The molecular formula is C18H21N3O3. The molecule has 1 aromatic carbocycles. The van der Waals surface area contributed by atoms with Gasteiger partial charge in [0.2, 0.25) is 5.91 Å². The lowest BCUT2D eigenvalue weighted by Crippen LogP contribution is -2.44. The highest BCUT2D eigenvalue weighted by atomic mass is 16.3. The van der Waals surface area contributed by atoms with Crippen molar-refractivity contribution in [2.75, 3.05) is 11.6 Å².